The van der Waals surface area contributed by atoms with E-state index in [1.165, 1.54) is 24.2 Å². The van der Waals surface area contributed by atoms with Crippen LogP contribution in [0.25, 0.3) is 11.1 Å². The van der Waals surface area contributed by atoms with Crippen LogP contribution in [0.2, 0.25) is 0 Å². The van der Waals surface area contributed by atoms with Crippen molar-refractivity contribution in [2.75, 3.05) is 51.6 Å². The van der Waals surface area contributed by atoms with Gasteiger partial charge >= 0.3 is 6.09 Å². The van der Waals surface area contributed by atoms with Gasteiger partial charge in [0.25, 0.3) is 11.8 Å². The second-order valence-corrected chi connectivity index (χ2v) is 11.9. The zero-order valence-corrected chi connectivity index (χ0v) is 25.7. The molecule has 3 aromatic carbocycles. The van der Waals surface area contributed by atoms with Gasteiger partial charge in [-0.1, -0.05) is 73.5 Å². The van der Waals surface area contributed by atoms with Crippen LogP contribution < -0.4 is 5.32 Å². The highest BCUT2D eigenvalue weighted by Gasteiger charge is 2.34. The van der Waals surface area contributed by atoms with Crippen LogP contribution in [0, 0.1) is 0 Å². The van der Waals surface area contributed by atoms with Gasteiger partial charge in [-0.05, 0) is 82.5 Å². The van der Waals surface area contributed by atoms with Crippen molar-refractivity contribution >= 4 is 23.6 Å². The number of likely N-dealkylation sites (tertiary alicyclic amines) is 1. The Morgan fingerprint density at radius 3 is 2.05 bits per heavy atom. The first kappa shape index (κ1) is 31.4. The number of ether oxygens (including phenoxy) is 1. The van der Waals surface area contributed by atoms with Gasteiger partial charge < -0.3 is 14.5 Å². The van der Waals surface area contributed by atoms with Gasteiger partial charge in [0, 0.05) is 25.2 Å². The zero-order chi connectivity index (χ0) is 30.7. The molecule has 1 fully saturated rings. The standard InChI is InChI=1S/C36H44N4O4/c1-38(23-13-25-40-34(41)31-17-7-8-18-32(31)35(40)42)22-11-2-3-12-24-39-26-20-29(21-27-39)44-36(43)37-33-19-10-9-16-30(33)28-14-5-4-6-15-28/h4-10,14-19,29H,2-3,11-13,20-27H2,1H3,(H,37,43). The number of benzene rings is 3. The normalized spacial score (nSPS) is 15.5. The fourth-order valence-corrected chi connectivity index (χ4v) is 6.13. The molecule has 0 aliphatic carbocycles. The summed E-state index contributed by atoms with van der Waals surface area (Å²) in [6.07, 6.45) is 6.76. The minimum atomic E-state index is -0.389. The molecule has 0 atom stereocenters. The molecule has 0 spiro atoms. The summed E-state index contributed by atoms with van der Waals surface area (Å²) in [5.74, 6) is -0.340. The predicted molar refractivity (Wildman–Crippen MR) is 174 cm³/mol. The van der Waals surface area contributed by atoms with Gasteiger partial charge in [-0.3, -0.25) is 19.8 Å². The Morgan fingerprint density at radius 2 is 1.34 bits per heavy atom. The van der Waals surface area contributed by atoms with Crippen molar-refractivity contribution in [3.8, 4) is 11.1 Å². The van der Waals surface area contributed by atoms with Crippen molar-refractivity contribution in [3.05, 3.63) is 90.0 Å². The number of carbonyl (C=O) groups is 3. The number of carbonyl (C=O) groups excluding carboxylic acids is 3. The van der Waals surface area contributed by atoms with E-state index < -0.39 is 0 Å². The zero-order valence-electron chi connectivity index (χ0n) is 25.7. The monoisotopic (exact) mass is 596 g/mol. The Kier molecular flexibility index (Phi) is 11.2. The van der Waals surface area contributed by atoms with Crippen molar-refractivity contribution in [2.24, 2.45) is 0 Å². The molecule has 1 N–H and O–H groups in total. The van der Waals surface area contributed by atoms with E-state index in [-0.39, 0.29) is 24.0 Å². The van der Waals surface area contributed by atoms with Crippen molar-refractivity contribution in [1.82, 2.24) is 14.7 Å². The molecule has 0 radical (unpaired) electrons. The summed E-state index contributed by atoms with van der Waals surface area (Å²) in [7, 11) is 2.11. The molecule has 3 amide bonds. The molecule has 3 aromatic rings. The molecule has 0 aromatic heterocycles. The maximum atomic E-state index is 12.7. The molecule has 1 saturated heterocycles. The number of imide groups is 1. The SMILES string of the molecule is CN(CCCCCCN1CCC(OC(=O)Nc2ccccc2-c2ccccc2)CC1)CCCN1C(=O)c2ccccc2C1=O. The van der Waals surface area contributed by atoms with Crippen molar-refractivity contribution < 1.29 is 19.1 Å². The molecule has 5 rings (SSSR count). The number of unbranched alkanes of at least 4 members (excludes halogenated alkanes) is 3. The average Bonchev–Trinajstić information content (AvgIpc) is 3.29. The Hall–Kier alpha value is -4.01. The van der Waals surface area contributed by atoms with Gasteiger partial charge in [-0.2, -0.15) is 0 Å². The van der Waals surface area contributed by atoms with E-state index in [2.05, 4.69) is 22.2 Å². The molecule has 232 valence electrons. The molecule has 8 heteroatoms. The second kappa shape index (κ2) is 15.6. The van der Waals surface area contributed by atoms with Crippen molar-refractivity contribution in [2.45, 2.75) is 51.0 Å². The number of piperidine rings is 1. The Morgan fingerprint density at radius 1 is 0.750 bits per heavy atom. The quantitative estimate of drug-likeness (QED) is 0.168. The number of nitrogens with zero attached hydrogens (tertiary/aromatic N) is 3. The minimum absolute atomic E-state index is 0.0531. The van der Waals surface area contributed by atoms with E-state index in [0.29, 0.717) is 17.7 Å². The van der Waals surface area contributed by atoms with Gasteiger partial charge in [0.15, 0.2) is 0 Å². The number of hydrogen-bond donors (Lipinski definition) is 1. The summed E-state index contributed by atoms with van der Waals surface area (Å²) < 4.78 is 5.78. The molecule has 8 nitrogen and oxygen atoms in total. The molecule has 2 aliphatic heterocycles. The van der Waals surface area contributed by atoms with Crippen LogP contribution in [0.15, 0.2) is 78.9 Å². The number of fused-ring (bicyclic) bond motifs is 1. The molecular formula is C36H44N4O4. The molecule has 2 heterocycles. The van der Waals surface area contributed by atoms with Crippen LogP contribution in [-0.4, -0.2) is 85.0 Å². The van der Waals surface area contributed by atoms with Crippen LogP contribution in [0.3, 0.4) is 0 Å². The molecule has 2 aliphatic rings. The summed E-state index contributed by atoms with van der Waals surface area (Å²) in [5, 5.41) is 2.95. The summed E-state index contributed by atoms with van der Waals surface area (Å²) >= 11 is 0. The van der Waals surface area contributed by atoms with E-state index in [1.54, 1.807) is 24.3 Å². The third kappa shape index (κ3) is 8.33. The van der Waals surface area contributed by atoms with Gasteiger partial charge in [0.1, 0.15) is 6.10 Å². The maximum absolute atomic E-state index is 12.7. The fourth-order valence-electron chi connectivity index (χ4n) is 6.13. The van der Waals surface area contributed by atoms with Crippen molar-refractivity contribution in [1.29, 1.82) is 0 Å². The first-order valence-corrected chi connectivity index (χ1v) is 16.0. The first-order chi connectivity index (χ1) is 21.5. The summed E-state index contributed by atoms with van der Waals surface area (Å²) in [6, 6.07) is 24.9. The molecular weight excluding hydrogens is 552 g/mol. The first-order valence-electron chi connectivity index (χ1n) is 16.0. The van der Waals surface area contributed by atoms with E-state index in [1.807, 2.05) is 54.6 Å². The summed E-state index contributed by atoms with van der Waals surface area (Å²) in [4.78, 5) is 43.8. The third-order valence-electron chi connectivity index (χ3n) is 8.62. The molecule has 0 bridgehead atoms. The van der Waals surface area contributed by atoms with E-state index in [0.717, 1.165) is 75.2 Å². The van der Waals surface area contributed by atoms with Crippen LogP contribution in [-0.2, 0) is 4.74 Å². The van der Waals surface area contributed by atoms with Crippen molar-refractivity contribution in [3.63, 3.8) is 0 Å². The lowest BCUT2D eigenvalue weighted by atomic mass is 10.0. The number of nitrogens with one attached hydrogen (secondary N) is 1. The largest absolute Gasteiger partial charge is 0.446 e. The molecule has 0 unspecified atom stereocenters. The number of amides is 3. The highest BCUT2D eigenvalue weighted by atomic mass is 16.6. The lowest BCUT2D eigenvalue weighted by Gasteiger charge is -2.31. The van der Waals surface area contributed by atoms with E-state index in [9.17, 15) is 14.4 Å². The minimum Gasteiger partial charge on any atom is -0.446 e. The number of anilines is 1. The maximum Gasteiger partial charge on any atom is 0.411 e. The van der Waals surface area contributed by atoms with Gasteiger partial charge in [0.05, 0.1) is 16.8 Å². The number of hydrogen-bond acceptors (Lipinski definition) is 6. The Bertz CT molecular complexity index is 1370. The topological polar surface area (TPSA) is 82.2 Å². The van der Waals surface area contributed by atoms with Crippen LogP contribution in [0.5, 0.6) is 0 Å². The highest BCUT2D eigenvalue weighted by Crippen LogP contribution is 2.28. The second-order valence-electron chi connectivity index (χ2n) is 11.9. The van der Waals surface area contributed by atoms with Gasteiger partial charge in [-0.25, -0.2) is 4.79 Å². The van der Waals surface area contributed by atoms with Crippen LogP contribution >= 0.6 is 0 Å². The molecule has 0 saturated carbocycles. The van der Waals surface area contributed by atoms with Crippen LogP contribution in [0.4, 0.5) is 10.5 Å². The smallest absolute Gasteiger partial charge is 0.411 e. The van der Waals surface area contributed by atoms with Gasteiger partial charge in [0.2, 0.25) is 0 Å². The van der Waals surface area contributed by atoms with Crippen LogP contribution in [0.1, 0.15) is 65.7 Å². The van der Waals surface area contributed by atoms with Gasteiger partial charge in [-0.15, -0.1) is 0 Å². The third-order valence-corrected chi connectivity index (χ3v) is 8.62. The highest BCUT2D eigenvalue weighted by molar-refractivity contribution is 6.21. The number of rotatable bonds is 14. The fraction of sp³-hybridized carbons (Fsp3) is 0.417. The molecule has 44 heavy (non-hydrogen) atoms. The predicted octanol–water partition coefficient (Wildman–Crippen LogP) is 6.55. The lowest BCUT2D eigenvalue weighted by molar-refractivity contribution is 0.0583. The lowest BCUT2D eigenvalue weighted by Crippen LogP contribution is -2.38. The Labute approximate surface area is 261 Å². The van der Waals surface area contributed by atoms with E-state index in [4.69, 9.17) is 4.74 Å². The van der Waals surface area contributed by atoms with E-state index >= 15 is 0 Å². The summed E-state index contributed by atoms with van der Waals surface area (Å²) in [5.41, 5.74) is 3.83. The number of para-hydroxylation sites is 1. The Balaban J connectivity index is 0.899. The average molecular weight is 597 g/mol. The summed E-state index contributed by atoms with van der Waals surface area (Å²) in [6.45, 7) is 5.33.